The zero-order valence-electron chi connectivity index (χ0n) is 15.6. The van der Waals surface area contributed by atoms with Crippen molar-refractivity contribution in [2.45, 2.75) is 25.7 Å². The maximum Gasteiger partial charge on any atom is 0.129 e. The molecule has 0 spiro atoms. The molecule has 0 aromatic heterocycles. The number of hydrogen-bond donors (Lipinski definition) is 2. The van der Waals surface area contributed by atoms with Crippen LogP contribution in [0.15, 0.2) is 42.5 Å². The normalized spacial score (nSPS) is 21.5. The van der Waals surface area contributed by atoms with Crippen LogP contribution in [0.1, 0.15) is 30.4 Å². The molecule has 3 unspecified atom stereocenters. The number of phenolic OH excluding ortho intramolecular Hbond substituents is 1. The lowest BCUT2D eigenvalue weighted by atomic mass is 9.90. The maximum atomic E-state index is 13.9. The van der Waals surface area contributed by atoms with Gasteiger partial charge in [0, 0.05) is 32.3 Å². The Labute approximate surface area is 159 Å². The average molecular weight is 375 g/mol. The molecule has 0 saturated carbocycles. The molecule has 0 bridgehead atoms. The largest absolute Gasteiger partial charge is 0.508 e. The molecule has 27 heavy (non-hydrogen) atoms. The third-order valence-corrected chi connectivity index (χ3v) is 5.68. The van der Waals surface area contributed by atoms with Gasteiger partial charge in [-0.05, 0) is 59.9 Å². The van der Waals surface area contributed by atoms with Crippen LogP contribution in [-0.2, 0) is 6.42 Å². The number of hydrogen-bond acceptors (Lipinski definition) is 3. The number of rotatable bonds is 7. The van der Waals surface area contributed by atoms with Crippen molar-refractivity contribution >= 4 is 0 Å². The number of halogens is 2. The molecule has 1 fully saturated rings. The molecule has 2 aromatic rings. The lowest BCUT2D eigenvalue weighted by Gasteiger charge is -2.21. The van der Waals surface area contributed by atoms with Gasteiger partial charge in [0.2, 0.25) is 0 Å². The topological polar surface area (TPSA) is 43.7 Å². The molecule has 5 heteroatoms. The van der Waals surface area contributed by atoms with Crippen LogP contribution >= 0.6 is 0 Å². The molecule has 0 amide bonds. The first kappa shape index (κ1) is 19.8. The molecule has 0 aliphatic carbocycles. The van der Waals surface area contributed by atoms with Gasteiger partial charge in [0.1, 0.15) is 17.4 Å². The van der Waals surface area contributed by atoms with E-state index < -0.39 is 11.6 Å². The lowest BCUT2D eigenvalue weighted by Crippen LogP contribution is -2.26. The van der Waals surface area contributed by atoms with E-state index in [-0.39, 0.29) is 18.3 Å². The summed E-state index contributed by atoms with van der Waals surface area (Å²) in [5, 5.41) is 19.2. The standard InChI is InChI=1S/C22H27F2NO2/c1-15(16-5-8-21(27)9-6-16)11-25-12-18(19(13-25)14-26)3-2-17-4-7-20(23)10-22(17)24/h4-10,15,18-19,26-27H,2-3,11-14H2,1H3. The monoisotopic (exact) mass is 375 g/mol. The first-order valence-electron chi connectivity index (χ1n) is 9.52. The molecule has 2 N–H and O–H groups in total. The van der Waals surface area contributed by atoms with Crippen LogP contribution < -0.4 is 0 Å². The molecule has 1 aliphatic rings. The number of benzene rings is 2. The van der Waals surface area contributed by atoms with Crippen LogP contribution in [0.2, 0.25) is 0 Å². The molecular weight excluding hydrogens is 348 g/mol. The van der Waals surface area contributed by atoms with Gasteiger partial charge in [0.15, 0.2) is 0 Å². The van der Waals surface area contributed by atoms with Crippen LogP contribution in [0, 0.1) is 23.5 Å². The third kappa shape index (κ3) is 5.05. The van der Waals surface area contributed by atoms with Gasteiger partial charge in [0.05, 0.1) is 0 Å². The van der Waals surface area contributed by atoms with Crippen molar-refractivity contribution in [3.8, 4) is 5.75 Å². The zero-order chi connectivity index (χ0) is 19.4. The Hall–Kier alpha value is -1.98. The van der Waals surface area contributed by atoms with Gasteiger partial charge < -0.3 is 15.1 Å². The fourth-order valence-corrected chi connectivity index (χ4v) is 4.08. The molecule has 1 aliphatic heterocycles. The SMILES string of the molecule is CC(CN1CC(CO)C(CCc2ccc(F)cc2F)C1)c1ccc(O)cc1. The average Bonchev–Trinajstić information content (AvgIpc) is 3.03. The summed E-state index contributed by atoms with van der Waals surface area (Å²) < 4.78 is 26.9. The van der Waals surface area contributed by atoms with Gasteiger partial charge in [0.25, 0.3) is 0 Å². The Kier molecular flexibility index (Phi) is 6.45. The van der Waals surface area contributed by atoms with E-state index in [4.69, 9.17) is 0 Å². The van der Waals surface area contributed by atoms with E-state index in [0.717, 1.165) is 32.1 Å². The van der Waals surface area contributed by atoms with Gasteiger partial charge in [-0.3, -0.25) is 0 Å². The van der Waals surface area contributed by atoms with Crippen LogP contribution in [-0.4, -0.2) is 41.4 Å². The lowest BCUT2D eigenvalue weighted by molar-refractivity contribution is 0.196. The van der Waals surface area contributed by atoms with Crippen molar-refractivity contribution < 1.29 is 19.0 Å². The fourth-order valence-electron chi connectivity index (χ4n) is 4.08. The van der Waals surface area contributed by atoms with Crippen molar-refractivity contribution in [1.29, 1.82) is 0 Å². The second-order valence-electron chi connectivity index (χ2n) is 7.69. The second kappa shape index (κ2) is 8.81. The van der Waals surface area contributed by atoms with E-state index in [9.17, 15) is 19.0 Å². The summed E-state index contributed by atoms with van der Waals surface area (Å²) in [6, 6.07) is 11.0. The summed E-state index contributed by atoms with van der Waals surface area (Å²) in [6.45, 7) is 4.86. The van der Waals surface area contributed by atoms with Crippen molar-refractivity contribution in [3.63, 3.8) is 0 Å². The summed E-state index contributed by atoms with van der Waals surface area (Å²) in [4.78, 5) is 2.35. The zero-order valence-corrected chi connectivity index (χ0v) is 15.6. The van der Waals surface area contributed by atoms with Gasteiger partial charge in [-0.2, -0.15) is 0 Å². The van der Waals surface area contributed by atoms with Gasteiger partial charge >= 0.3 is 0 Å². The number of nitrogens with zero attached hydrogens (tertiary/aromatic N) is 1. The molecule has 146 valence electrons. The van der Waals surface area contributed by atoms with Gasteiger partial charge in [-0.25, -0.2) is 8.78 Å². The van der Waals surface area contributed by atoms with E-state index in [2.05, 4.69) is 11.8 Å². The molecule has 2 aromatic carbocycles. The van der Waals surface area contributed by atoms with Crippen LogP contribution in [0.25, 0.3) is 0 Å². The highest BCUT2D eigenvalue weighted by Gasteiger charge is 2.32. The van der Waals surface area contributed by atoms with Crippen LogP contribution in [0.5, 0.6) is 5.75 Å². The first-order valence-corrected chi connectivity index (χ1v) is 9.52. The van der Waals surface area contributed by atoms with Crippen molar-refractivity contribution in [1.82, 2.24) is 4.90 Å². The Bertz CT molecular complexity index is 750. The van der Waals surface area contributed by atoms with E-state index in [0.29, 0.717) is 23.8 Å². The van der Waals surface area contributed by atoms with E-state index >= 15 is 0 Å². The molecule has 0 radical (unpaired) electrons. The smallest absolute Gasteiger partial charge is 0.129 e. The Morgan fingerprint density at radius 3 is 2.44 bits per heavy atom. The fraction of sp³-hybridized carbons (Fsp3) is 0.455. The van der Waals surface area contributed by atoms with Gasteiger partial charge in [-0.1, -0.05) is 25.1 Å². The van der Waals surface area contributed by atoms with Crippen molar-refractivity contribution in [2.75, 3.05) is 26.2 Å². The van der Waals surface area contributed by atoms with Crippen molar-refractivity contribution in [2.24, 2.45) is 11.8 Å². The first-order chi connectivity index (χ1) is 13.0. The van der Waals surface area contributed by atoms with Gasteiger partial charge in [-0.15, -0.1) is 0 Å². The minimum absolute atomic E-state index is 0.126. The summed E-state index contributed by atoms with van der Waals surface area (Å²) in [6.07, 6.45) is 1.33. The highest BCUT2D eigenvalue weighted by atomic mass is 19.1. The van der Waals surface area contributed by atoms with E-state index in [1.807, 2.05) is 12.1 Å². The highest BCUT2D eigenvalue weighted by Crippen LogP contribution is 2.30. The molecule has 3 nitrogen and oxygen atoms in total. The third-order valence-electron chi connectivity index (χ3n) is 5.68. The molecule has 1 heterocycles. The quantitative estimate of drug-likeness (QED) is 0.770. The summed E-state index contributed by atoms with van der Waals surface area (Å²) in [5.74, 6) is 0.0110. The minimum atomic E-state index is -0.556. The maximum absolute atomic E-state index is 13.9. The van der Waals surface area contributed by atoms with E-state index in [1.165, 1.54) is 17.7 Å². The predicted octanol–water partition coefficient (Wildman–Crippen LogP) is 3.95. The summed E-state index contributed by atoms with van der Waals surface area (Å²) in [5.41, 5.74) is 1.70. The number of aliphatic hydroxyl groups is 1. The number of aliphatic hydroxyl groups excluding tert-OH is 1. The second-order valence-corrected chi connectivity index (χ2v) is 7.69. The summed E-state index contributed by atoms with van der Waals surface area (Å²) in [7, 11) is 0. The Morgan fingerprint density at radius 1 is 1.07 bits per heavy atom. The Balaban J connectivity index is 1.57. The molecule has 1 saturated heterocycles. The number of phenols is 1. The molecule has 3 atom stereocenters. The number of likely N-dealkylation sites (tertiary alicyclic amines) is 1. The van der Waals surface area contributed by atoms with Crippen LogP contribution in [0.3, 0.4) is 0 Å². The number of aromatic hydroxyl groups is 1. The van der Waals surface area contributed by atoms with E-state index in [1.54, 1.807) is 12.1 Å². The highest BCUT2D eigenvalue weighted by molar-refractivity contribution is 5.28. The predicted molar refractivity (Wildman–Crippen MR) is 102 cm³/mol. The molecule has 3 rings (SSSR count). The number of aryl methyl sites for hydroxylation is 1. The minimum Gasteiger partial charge on any atom is -0.508 e. The van der Waals surface area contributed by atoms with Crippen LogP contribution in [0.4, 0.5) is 8.78 Å². The summed E-state index contributed by atoms with van der Waals surface area (Å²) >= 11 is 0. The Morgan fingerprint density at radius 2 is 1.78 bits per heavy atom. The van der Waals surface area contributed by atoms with Crippen molar-refractivity contribution in [3.05, 3.63) is 65.2 Å². The molecular formula is C22H27F2NO2.